The summed E-state index contributed by atoms with van der Waals surface area (Å²) >= 11 is 0. The van der Waals surface area contributed by atoms with Gasteiger partial charge in [-0.15, -0.1) is 0 Å². The van der Waals surface area contributed by atoms with E-state index in [1.54, 1.807) is 20.1 Å². The quantitative estimate of drug-likeness (QED) is 0.556. The van der Waals surface area contributed by atoms with E-state index in [9.17, 15) is 4.39 Å². The van der Waals surface area contributed by atoms with E-state index in [-0.39, 0.29) is 5.82 Å². The molecule has 1 heterocycles. The van der Waals surface area contributed by atoms with Crippen LogP contribution in [0.25, 0.3) is 0 Å². The van der Waals surface area contributed by atoms with Gasteiger partial charge in [-0.3, -0.25) is 4.99 Å². The molecule has 0 aliphatic carbocycles. The molecular formula is C9H15FN4. The number of aryl methyl sites for hydroxylation is 1. The summed E-state index contributed by atoms with van der Waals surface area (Å²) in [6.07, 6.45) is 0.736. The van der Waals surface area contributed by atoms with E-state index < -0.39 is 6.08 Å². The Bertz CT molecular complexity index is 300. The highest BCUT2D eigenvalue weighted by Gasteiger charge is 2.06. The summed E-state index contributed by atoms with van der Waals surface area (Å²) < 4.78 is 12.5. The van der Waals surface area contributed by atoms with E-state index >= 15 is 0 Å². The molecule has 0 atom stereocenters. The van der Waals surface area contributed by atoms with Crippen molar-refractivity contribution in [2.24, 2.45) is 4.99 Å². The minimum absolute atomic E-state index is 0.0677. The highest BCUT2D eigenvalue weighted by atomic mass is 19.1. The van der Waals surface area contributed by atoms with Gasteiger partial charge in [0.2, 0.25) is 0 Å². The Morgan fingerprint density at radius 3 is 2.36 bits per heavy atom. The van der Waals surface area contributed by atoms with Gasteiger partial charge in [0.05, 0.1) is 5.69 Å². The minimum atomic E-state index is -0.819. The molecule has 0 spiro atoms. The van der Waals surface area contributed by atoms with Crippen LogP contribution in [0.15, 0.2) is 4.99 Å². The number of hydrogen-bond acceptors (Lipinski definition) is 4. The Hall–Kier alpha value is -1.52. The van der Waals surface area contributed by atoms with Crippen molar-refractivity contribution in [2.75, 3.05) is 5.73 Å². The standard InChI is InChI=1S/C7H9FN4.C2H6/c1-3-10-5-4(2)11-7(8)12-6(5)9;1-2/h3H,1-2H3,(H2,9,11,12);1-2H3. The van der Waals surface area contributed by atoms with Gasteiger partial charge in [-0.1, -0.05) is 13.8 Å². The smallest absolute Gasteiger partial charge is 0.310 e. The summed E-state index contributed by atoms with van der Waals surface area (Å²) in [4.78, 5) is 10.7. The van der Waals surface area contributed by atoms with E-state index in [1.165, 1.54) is 0 Å². The molecule has 1 aromatic heterocycles. The van der Waals surface area contributed by atoms with Crippen molar-refractivity contribution in [3.63, 3.8) is 0 Å². The summed E-state index contributed by atoms with van der Waals surface area (Å²) in [6, 6.07) is 0. The van der Waals surface area contributed by atoms with E-state index in [0.29, 0.717) is 11.4 Å². The molecule has 4 nitrogen and oxygen atoms in total. The summed E-state index contributed by atoms with van der Waals surface area (Å²) in [5.74, 6) is 0.0677. The minimum Gasteiger partial charge on any atom is -0.382 e. The normalized spacial score (nSPS) is 9.79. The number of anilines is 1. The maximum absolute atomic E-state index is 12.5. The molecule has 14 heavy (non-hydrogen) atoms. The van der Waals surface area contributed by atoms with Crippen molar-refractivity contribution in [1.29, 1.82) is 0 Å². The first-order chi connectivity index (χ1) is 6.65. The second-order valence-corrected chi connectivity index (χ2v) is 2.20. The zero-order valence-corrected chi connectivity index (χ0v) is 8.87. The van der Waals surface area contributed by atoms with Gasteiger partial charge in [0.1, 0.15) is 5.69 Å². The average Bonchev–Trinajstić information content (AvgIpc) is 2.14. The lowest BCUT2D eigenvalue weighted by Gasteiger charge is -2.01. The molecule has 0 saturated carbocycles. The van der Waals surface area contributed by atoms with Crippen molar-refractivity contribution in [3.05, 3.63) is 11.8 Å². The first-order valence-corrected chi connectivity index (χ1v) is 4.43. The molecule has 5 heteroatoms. The highest BCUT2D eigenvalue weighted by molar-refractivity contribution is 5.68. The number of nitrogen functional groups attached to an aromatic ring is 1. The molecule has 1 rings (SSSR count). The second-order valence-electron chi connectivity index (χ2n) is 2.20. The monoisotopic (exact) mass is 198 g/mol. The first-order valence-electron chi connectivity index (χ1n) is 4.43. The molecule has 2 N–H and O–H groups in total. The second kappa shape index (κ2) is 6.01. The van der Waals surface area contributed by atoms with Crippen LogP contribution >= 0.6 is 0 Å². The van der Waals surface area contributed by atoms with Crippen LogP contribution in [0.3, 0.4) is 0 Å². The van der Waals surface area contributed by atoms with Gasteiger partial charge in [-0.05, 0) is 13.8 Å². The van der Waals surface area contributed by atoms with E-state index in [4.69, 9.17) is 5.73 Å². The average molecular weight is 198 g/mol. The molecule has 78 valence electrons. The van der Waals surface area contributed by atoms with Gasteiger partial charge in [0.15, 0.2) is 5.82 Å². The van der Waals surface area contributed by atoms with Crippen LogP contribution in [0.4, 0.5) is 15.9 Å². The Balaban J connectivity index is 0.000000791. The lowest BCUT2D eigenvalue weighted by molar-refractivity contribution is 0.537. The van der Waals surface area contributed by atoms with Gasteiger partial charge >= 0.3 is 6.08 Å². The summed E-state index contributed by atoms with van der Waals surface area (Å²) in [6.45, 7) is 7.37. The fourth-order valence-electron chi connectivity index (χ4n) is 0.843. The summed E-state index contributed by atoms with van der Waals surface area (Å²) in [7, 11) is 0. The van der Waals surface area contributed by atoms with E-state index in [2.05, 4.69) is 15.0 Å². The molecule has 0 fully saturated rings. The van der Waals surface area contributed by atoms with Crippen molar-refractivity contribution in [1.82, 2.24) is 9.97 Å². The highest BCUT2D eigenvalue weighted by Crippen LogP contribution is 2.21. The third-order valence-electron chi connectivity index (χ3n) is 1.32. The fraction of sp³-hybridized carbons (Fsp3) is 0.444. The van der Waals surface area contributed by atoms with E-state index in [1.807, 2.05) is 13.8 Å². The Morgan fingerprint density at radius 1 is 1.36 bits per heavy atom. The Kier molecular flexibility index (Phi) is 5.36. The van der Waals surface area contributed by atoms with Crippen LogP contribution in [-0.4, -0.2) is 16.2 Å². The van der Waals surface area contributed by atoms with Crippen molar-refractivity contribution < 1.29 is 4.39 Å². The number of halogens is 1. The molecule has 0 radical (unpaired) electrons. The van der Waals surface area contributed by atoms with Crippen molar-refractivity contribution >= 4 is 17.7 Å². The maximum Gasteiger partial charge on any atom is 0.310 e. The Labute approximate surface area is 83.1 Å². The SMILES string of the molecule is CC.CC=Nc1c(C)nc(F)nc1N. The number of rotatable bonds is 1. The van der Waals surface area contributed by atoms with Crippen LogP contribution in [0.5, 0.6) is 0 Å². The number of aromatic nitrogens is 2. The molecule has 0 unspecified atom stereocenters. The number of aliphatic imine (C=N–C) groups is 1. The summed E-state index contributed by atoms with van der Waals surface area (Å²) in [5, 5.41) is 0. The van der Waals surface area contributed by atoms with Crippen molar-refractivity contribution in [3.8, 4) is 0 Å². The van der Waals surface area contributed by atoms with Gasteiger partial charge in [0.25, 0.3) is 0 Å². The third-order valence-corrected chi connectivity index (χ3v) is 1.32. The molecule has 0 aromatic carbocycles. The van der Waals surface area contributed by atoms with E-state index in [0.717, 1.165) is 0 Å². The predicted octanol–water partition coefficient (Wildman–Crippen LogP) is 2.25. The van der Waals surface area contributed by atoms with Gasteiger partial charge in [-0.2, -0.15) is 9.37 Å². The predicted molar refractivity (Wildman–Crippen MR) is 56.3 cm³/mol. The van der Waals surface area contributed by atoms with Gasteiger partial charge < -0.3 is 5.73 Å². The first kappa shape index (κ1) is 12.5. The van der Waals surface area contributed by atoms with Crippen LogP contribution < -0.4 is 5.73 Å². The van der Waals surface area contributed by atoms with Crippen LogP contribution in [0.2, 0.25) is 0 Å². The molecule has 0 bridgehead atoms. The summed E-state index contributed by atoms with van der Waals surface area (Å²) in [5.41, 5.74) is 6.28. The van der Waals surface area contributed by atoms with Crippen LogP contribution in [0.1, 0.15) is 26.5 Å². The molecule has 1 aromatic rings. The molecule has 0 aliphatic heterocycles. The molecular weight excluding hydrogens is 183 g/mol. The zero-order chi connectivity index (χ0) is 11.1. The van der Waals surface area contributed by atoms with Crippen molar-refractivity contribution in [2.45, 2.75) is 27.7 Å². The maximum atomic E-state index is 12.5. The topological polar surface area (TPSA) is 64.2 Å². The lowest BCUT2D eigenvalue weighted by atomic mass is 10.3. The van der Waals surface area contributed by atoms with Crippen LogP contribution in [-0.2, 0) is 0 Å². The third kappa shape index (κ3) is 3.08. The molecule has 0 amide bonds. The largest absolute Gasteiger partial charge is 0.382 e. The number of nitrogens with two attached hydrogens (primary N) is 1. The lowest BCUT2D eigenvalue weighted by Crippen LogP contribution is -1.99. The number of hydrogen-bond donors (Lipinski definition) is 1. The molecule has 0 aliphatic rings. The van der Waals surface area contributed by atoms with Gasteiger partial charge in [-0.25, -0.2) is 4.98 Å². The zero-order valence-electron chi connectivity index (χ0n) is 8.87. The molecule has 0 saturated heterocycles. The number of nitrogens with zero attached hydrogens (tertiary/aromatic N) is 3. The fourth-order valence-corrected chi connectivity index (χ4v) is 0.843. The Morgan fingerprint density at radius 2 is 1.93 bits per heavy atom. The van der Waals surface area contributed by atoms with Gasteiger partial charge in [0, 0.05) is 6.21 Å². The van der Waals surface area contributed by atoms with Crippen LogP contribution in [0, 0.1) is 13.0 Å².